The molecular weight excluding hydrogens is 348 g/mol. The van der Waals surface area contributed by atoms with E-state index in [4.69, 9.17) is 14.2 Å². The minimum atomic E-state index is -1.35. The van der Waals surface area contributed by atoms with Gasteiger partial charge in [-0.3, -0.25) is 4.79 Å². The summed E-state index contributed by atoms with van der Waals surface area (Å²) < 4.78 is 17.5. The lowest BCUT2D eigenvalue weighted by Gasteiger charge is -2.49. The van der Waals surface area contributed by atoms with E-state index in [0.29, 0.717) is 13.0 Å². The number of carbonyl (C=O) groups excluding carboxylic acids is 1. The van der Waals surface area contributed by atoms with Gasteiger partial charge in [-0.05, 0) is 31.6 Å². The fraction of sp³-hybridized carbons (Fsp3) is 0.850. The van der Waals surface area contributed by atoms with Gasteiger partial charge in [0.15, 0.2) is 0 Å². The van der Waals surface area contributed by atoms with E-state index in [2.05, 4.69) is 39.2 Å². The van der Waals surface area contributed by atoms with Gasteiger partial charge in [0.2, 0.25) is 0 Å². The predicted octanol–water partition coefficient (Wildman–Crippen LogP) is 3.32. The first-order chi connectivity index (χ1) is 12.1. The molecule has 0 unspecified atom stereocenters. The van der Waals surface area contributed by atoms with Crippen LogP contribution in [0.5, 0.6) is 0 Å². The number of rotatable bonds is 6. The number of hydrogen-bond donors (Lipinski definition) is 1. The van der Waals surface area contributed by atoms with Crippen LogP contribution in [0.2, 0.25) is 19.6 Å². The third-order valence-electron chi connectivity index (χ3n) is 5.52. The van der Waals surface area contributed by atoms with Crippen molar-refractivity contribution in [3.63, 3.8) is 0 Å². The van der Waals surface area contributed by atoms with E-state index < -0.39 is 14.2 Å². The number of ether oxygens (including phenoxy) is 3. The van der Waals surface area contributed by atoms with Gasteiger partial charge in [0.05, 0.1) is 51.6 Å². The van der Waals surface area contributed by atoms with Crippen LogP contribution in [-0.2, 0) is 19.0 Å². The maximum atomic E-state index is 11.7. The van der Waals surface area contributed by atoms with Gasteiger partial charge in [-0.15, -0.1) is 0 Å². The van der Waals surface area contributed by atoms with Crippen molar-refractivity contribution in [2.24, 2.45) is 11.8 Å². The Balaban J connectivity index is 1.99. The summed E-state index contributed by atoms with van der Waals surface area (Å²) in [6.45, 7) is 13.3. The molecule has 0 bridgehead atoms. The third kappa shape index (κ3) is 5.65. The first kappa shape index (κ1) is 21.6. The summed E-state index contributed by atoms with van der Waals surface area (Å²) in [5.74, 6) is 0.246. The molecule has 150 valence electrons. The van der Waals surface area contributed by atoms with Crippen LogP contribution in [0.4, 0.5) is 0 Å². The number of aliphatic hydroxyl groups excluding tert-OH is 1. The van der Waals surface area contributed by atoms with E-state index in [1.807, 2.05) is 13.0 Å². The molecule has 2 saturated heterocycles. The Labute approximate surface area is 159 Å². The van der Waals surface area contributed by atoms with Crippen molar-refractivity contribution < 1.29 is 24.1 Å². The van der Waals surface area contributed by atoms with E-state index in [-0.39, 0.29) is 42.2 Å². The normalized spacial score (nSPS) is 36.6. The fourth-order valence-corrected chi connectivity index (χ4v) is 4.64. The minimum Gasteiger partial charge on any atom is -0.466 e. The van der Waals surface area contributed by atoms with Crippen LogP contribution in [0.1, 0.15) is 40.0 Å². The largest absolute Gasteiger partial charge is 0.466 e. The van der Waals surface area contributed by atoms with Crippen LogP contribution in [0.3, 0.4) is 0 Å². The summed E-state index contributed by atoms with van der Waals surface area (Å²) in [5, 5.41) is 10.7. The standard InChI is InChI=1S/C20H36O5Si/c1-7-23-18(22)12-15-8-9-17-20(24-15)14(3)13(2)19(25-17)16(21)10-11-26(4,5)6/h10-11,13-17,19-21H,7-9,12H2,1-6H3/b11-10+/t13-,14+,15+,16-,17-,19+,20+/m0/s1. The first-order valence-electron chi connectivity index (χ1n) is 9.96. The molecule has 5 nitrogen and oxygen atoms in total. The number of hydrogen-bond acceptors (Lipinski definition) is 5. The maximum Gasteiger partial charge on any atom is 0.308 e. The fourth-order valence-electron chi connectivity index (χ4n) is 3.87. The van der Waals surface area contributed by atoms with Crippen LogP contribution in [0, 0.1) is 11.8 Å². The molecule has 0 saturated carbocycles. The summed E-state index contributed by atoms with van der Waals surface area (Å²) >= 11 is 0. The van der Waals surface area contributed by atoms with E-state index >= 15 is 0 Å². The highest BCUT2D eigenvalue weighted by atomic mass is 28.3. The molecule has 0 aromatic carbocycles. The summed E-state index contributed by atoms with van der Waals surface area (Å²) in [7, 11) is -1.35. The Bertz CT molecular complexity index is 499. The molecule has 7 atom stereocenters. The molecule has 6 heteroatoms. The first-order valence-corrected chi connectivity index (χ1v) is 13.5. The Kier molecular flexibility index (Phi) is 7.48. The molecule has 0 aliphatic carbocycles. The minimum absolute atomic E-state index is 0.0143. The number of esters is 1. The Hall–Kier alpha value is -0.693. The number of carbonyl (C=O) groups is 1. The lowest BCUT2D eigenvalue weighted by molar-refractivity contribution is -0.239. The SMILES string of the molecule is CCOC(=O)C[C@H]1CC[C@@H]2O[C@@H]([C@@H](O)/C=C/[Si](C)(C)C)[C@@H](C)[C@@H](C)[C@H]2O1. The summed E-state index contributed by atoms with van der Waals surface area (Å²) in [4.78, 5) is 11.7. The van der Waals surface area contributed by atoms with Gasteiger partial charge in [-0.2, -0.15) is 0 Å². The second-order valence-corrected chi connectivity index (χ2v) is 13.9. The molecule has 0 spiro atoms. The molecule has 0 radical (unpaired) electrons. The molecule has 0 aromatic rings. The van der Waals surface area contributed by atoms with Crippen LogP contribution < -0.4 is 0 Å². The Morgan fingerprint density at radius 1 is 1.23 bits per heavy atom. The van der Waals surface area contributed by atoms with Crippen molar-refractivity contribution in [3.8, 4) is 0 Å². The quantitative estimate of drug-likeness (QED) is 0.562. The highest BCUT2D eigenvalue weighted by Gasteiger charge is 2.47. The van der Waals surface area contributed by atoms with Gasteiger partial charge in [-0.1, -0.05) is 45.3 Å². The molecule has 2 fully saturated rings. The molecule has 2 aliphatic heterocycles. The monoisotopic (exact) mass is 384 g/mol. The van der Waals surface area contributed by atoms with Gasteiger partial charge in [0, 0.05) is 0 Å². The molecule has 1 N–H and O–H groups in total. The van der Waals surface area contributed by atoms with Gasteiger partial charge in [0.25, 0.3) is 0 Å². The summed E-state index contributed by atoms with van der Waals surface area (Å²) in [6.07, 6.45) is 2.95. The molecule has 26 heavy (non-hydrogen) atoms. The second-order valence-electron chi connectivity index (χ2n) is 8.88. The third-order valence-corrected chi connectivity index (χ3v) is 6.71. The number of fused-ring (bicyclic) bond motifs is 1. The zero-order valence-electron chi connectivity index (χ0n) is 17.1. The van der Waals surface area contributed by atoms with Gasteiger partial charge in [-0.25, -0.2) is 0 Å². The maximum absolute atomic E-state index is 11.7. The zero-order chi connectivity index (χ0) is 19.5. The highest BCUT2D eigenvalue weighted by Crippen LogP contribution is 2.40. The predicted molar refractivity (Wildman–Crippen MR) is 105 cm³/mol. The van der Waals surface area contributed by atoms with E-state index in [1.54, 1.807) is 0 Å². The van der Waals surface area contributed by atoms with E-state index in [0.717, 1.165) is 12.8 Å². The Morgan fingerprint density at radius 2 is 1.92 bits per heavy atom. The topological polar surface area (TPSA) is 65.0 Å². The van der Waals surface area contributed by atoms with Crippen molar-refractivity contribution in [1.29, 1.82) is 0 Å². The smallest absolute Gasteiger partial charge is 0.308 e. The second kappa shape index (κ2) is 9.00. The van der Waals surface area contributed by atoms with Crippen molar-refractivity contribution >= 4 is 14.0 Å². The van der Waals surface area contributed by atoms with Crippen molar-refractivity contribution in [3.05, 3.63) is 11.8 Å². The summed E-state index contributed by atoms with van der Waals surface area (Å²) in [5.41, 5.74) is 2.18. The molecule has 0 aromatic heterocycles. The van der Waals surface area contributed by atoms with Crippen LogP contribution in [-0.4, -0.2) is 56.3 Å². The lowest BCUT2D eigenvalue weighted by Crippen LogP contribution is -2.56. The van der Waals surface area contributed by atoms with Gasteiger partial charge < -0.3 is 19.3 Å². The highest BCUT2D eigenvalue weighted by molar-refractivity contribution is 6.80. The van der Waals surface area contributed by atoms with Gasteiger partial charge >= 0.3 is 5.97 Å². The van der Waals surface area contributed by atoms with Crippen LogP contribution in [0.25, 0.3) is 0 Å². The van der Waals surface area contributed by atoms with Crippen molar-refractivity contribution in [1.82, 2.24) is 0 Å². The molecular formula is C20H36O5Si. The lowest BCUT2D eigenvalue weighted by atomic mass is 9.77. The molecule has 2 rings (SSSR count). The molecule has 2 heterocycles. The Morgan fingerprint density at radius 3 is 2.54 bits per heavy atom. The van der Waals surface area contributed by atoms with Crippen LogP contribution in [0.15, 0.2) is 11.8 Å². The average Bonchev–Trinajstić information content (AvgIpc) is 2.56. The number of aliphatic hydroxyl groups is 1. The molecule has 0 amide bonds. The zero-order valence-corrected chi connectivity index (χ0v) is 18.1. The van der Waals surface area contributed by atoms with Crippen molar-refractivity contribution in [2.75, 3.05) is 6.61 Å². The van der Waals surface area contributed by atoms with E-state index in [9.17, 15) is 9.90 Å². The van der Waals surface area contributed by atoms with E-state index in [1.165, 1.54) is 0 Å². The van der Waals surface area contributed by atoms with Gasteiger partial charge in [0.1, 0.15) is 0 Å². The van der Waals surface area contributed by atoms with Crippen LogP contribution >= 0.6 is 0 Å². The summed E-state index contributed by atoms with van der Waals surface area (Å²) in [6, 6.07) is 0. The van der Waals surface area contributed by atoms with Crippen molar-refractivity contribution in [2.45, 2.75) is 90.2 Å². The average molecular weight is 385 g/mol. The molecule has 2 aliphatic rings.